The van der Waals surface area contributed by atoms with Gasteiger partial charge in [0.15, 0.2) is 0 Å². The number of sulfonamides is 1. The average Bonchev–Trinajstić information content (AvgIpc) is 3.03. The molecule has 3 rings (SSSR count). The van der Waals surface area contributed by atoms with Crippen LogP contribution < -0.4 is 5.73 Å². The van der Waals surface area contributed by atoms with Gasteiger partial charge in [0.05, 0.1) is 11.4 Å². The predicted octanol–water partition coefficient (Wildman–Crippen LogP) is 0.985. The lowest BCUT2D eigenvalue weighted by atomic mass is 10.1. The second-order valence-corrected chi connectivity index (χ2v) is 7.66. The monoisotopic (exact) mass is 312 g/mol. The van der Waals surface area contributed by atoms with E-state index < -0.39 is 10.0 Å². The number of thiophene rings is 1. The maximum atomic E-state index is 12.8. The molecule has 3 heterocycles. The van der Waals surface area contributed by atoms with Gasteiger partial charge in [-0.1, -0.05) is 0 Å². The highest BCUT2D eigenvalue weighted by Crippen LogP contribution is 2.29. The van der Waals surface area contributed by atoms with E-state index >= 15 is 0 Å². The molecule has 0 radical (unpaired) electrons. The minimum Gasteiger partial charge on any atom is -0.325 e. The van der Waals surface area contributed by atoms with Crippen molar-refractivity contribution in [1.82, 2.24) is 14.5 Å². The van der Waals surface area contributed by atoms with E-state index in [0.29, 0.717) is 24.5 Å². The molecular formula is C12H16N4O2S2. The van der Waals surface area contributed by atoms with Crippen LogP contribution in [0.3, 0.4) is 0 Å². The van der Waals surface area contributed by atoms with E-state index in [-0.39, 0.29) is 11.4 Å². The van der Waals surface area contributed by atoms with E-state index in [2.05, 4.69) is 10.2 Å². The van der Waals surface area contributed by atoms with Crippen molar-refractivity contribution in [3.63, 3.8) is 0 Å². The molecular weight excluding hydrogens is 296 g/mol. The molecule has 1 aliphatic rings. The largest absolute Gasteiger partial charge is 0.325 e. The standard InChI is InChI=1S/C12H16N4O2S2/c1-8-12(10(6-13)15-14-8)20(17,18)16-4-2-11-9(7-16)3-5-19-11/h3,5H,2,4,6-7,13H2,1H3,(H,14,15). The van der Waals surface area contributed by atoms with E-state index in [0.717, 1.165) is 12.0 Å². The fraction of sp³-hybridized carbons (Fsp3) is 0.417. The number of hydrogen-bond donors (Lipinski definition) is 2. The van der Waals surface area contributed by atoms with Crippen LogP contribution in [-0.2, 0) is 29.5 Å². The lowest BCUT2D eigenvalue weighted by Crippen LogP contribution is -2.36. The zero-order valence-electron chi connectivity index (χ0n) is 11.1. The summed E-state index contributed by atoms with van der Waals surface area (Å²) >= 11 is 1.69. The summed E-state index contributed by atoms with van der Waals surface area (Å²) in [5, 5.41) is 8.70. The number of aromatic amines is 1. The number of nitrogens with one attached hydrogen (secondary N) is 1. The first kappa shape index (κ1) is 13.7. The van der Waals surface area contributed by atoms with E-state index in [1.807, 2.05) is 11.4 Å². The summed E-state index contributed by atoms with van der Waals surface area (Å²) in [6.45, 7) is 2.75. The number of nitrogens with zero attached hydrogens (tertiary/aromatic N) is 2. The molecule has 8 heteroatoms. The van der Waals surface area contributed by atoms with Gasteiger partial charge in [-0.05, 0) is 30.4 Å². The smallest absolute Gasteiger partial charge is 0.247 e. The third-order valence-electron chi connectivity index (χ3n) is 3.53. The third kappa shape index (κ3) is 2.08. The molecule has 6 nitrogen and oxygen atoms in total. The summed E-state index contributed by atoms with van der Waals surface area (Å²) in [6, 6.07) is 1.99. The summed E-state index contributed by atoms with van der Waals surface area (Å²) in [5.74, 6) is 0. The molecule has 0 atom stereocenters. The molecule has 3 N–H and O–H groups in total. The van der Waals surface area contributed by atoms with E-state index in [9.17, 15) is 8.42 Å². The van der Waals surface area contributed by atoms with Crippen LogP contribution in [0, 0.1) is 6.92 Å². The predicted molar refractivity (Wildman–Crippen MR) is 76.8 cm³/mol. The Labute approximate surface area is 121 Å². The molecule has 2 aromatic rings. The number of rotatable bonds is 3. The number of aryl methyl sites for hydroxylation is 1. The molecule has 0 aromatic carbocycles. The summed E-state index contributed by atoms with van der Waals surface area (Å²) in [6.07, 6.45) is 0.765. The highest BCUT2D eigenvalue weighted by atomic mass is 32.2. The van der Waals surface area contributed by atoms with Gasteiger partial charge in [-0.2, -0.15) is 9.40 Å². The number of fused-ring (bicyclic) bond motifs is 1. The third-order valence-corrected chi connectivity index (χ3v) is 6.60. The fourth-order valence-electron chi connectivity index (χ4n) is 2.51. The van der Waals surface area contributed by atoms with Crippen LogP contribution in [0.4, 0.5) is 0 Å². The van der Waals surface area contributed by atoms with Crippen molar-refractivity contribution in [2.75, 3.05) is 6.54 Å². The van der Waals surface area contributed by atoms with Crippen molar-refractivity contribution >= 4 is 21.4 Å². The number of nitrogens with two attached hydrogens (primary N) is 1. The van der Waals surface area contributed by atoms with Gasteiger partial charge in [0.25, 0.3) is 0 Å². The average molecular weight is 312 g/mol. The Morgan fingerprint density at radius 3 is 3.10 bits per heavy atom. The topological polar surface area (TPSA) is 92.1 Å². The van der Waals surface area contributed by atoms with Gasteiger partial charge in [-0.3, -0.25) is 5.10 Å². The normalized spacial score (nSPS) is 16.3. The highest BCUT2D eigenvalue weighted by Gasteiger charge is 2.33. The zero-order valence-corrected chi connectivity index (χ0v) is 12.7. The van der Waals surface area contributed by atoms with E-state index in [1.54, 1.807) is 18.3 Å². The van der Waals surface area contributed by atoms with E-state index in [1.165, 1.54) is 9.18 Å². The Hall–Kier alpha value is -1.22. The lowest BCUT2D eigenvalue weighted by molar-refractivity contribution is 0.393. The van der Waals surface area contributed by atoms with Crippen LogP contribution in [0.1, 0.15) is 21.8 Å². The van der Waals surface area contributed by atoms with Gasteiger partial charge in [0.2, 0.25) is 10.0 Å². The Morgan fingerprint density at radius 1 is 1.55 bits per heavy atom. The summed E-state index contributed by atoms with van der Waals surface area (Å²) in [4.78, 5) is 1.51. The molecule has 1 aliphatic heterocycles. The number of hydrogen-bond acceptors (Lipinski definition) is 5. The second-order valence-electron chi connectivity index (χ2n) is 4.79. The van der Waals surface area contributed by atoms with Gasteiger partial charge in [0.1, 0.15) is 4.90 Å². The summed E-state index contributed by atoms with van der Waals surface area (Å²) in [5.41, 5.74) is 7.63. The van der Waals surface area contributed by atoms with Gasteiger partial charge >= 0.3 is 0 Å². The van der Waals surface area contributed by atoms with Crippen molar-refractivity contribution in [2.45, 2.75) is 31.3 Å². The fourth-order valence-corrected chi connectivity index (χ4v) is 5.15. The Kier molecular flexibility index (Phi) is 3.41. The van der Waals surface area contributed by atoms with Crippen LogP contribution in [0.15, 0.2) is 16.3 Å². The highest BCUT2D eigenvalue weighted by molar-refractivity contribution is 7.89. The quantitative estimate of drug-likeness (QED) is 0.884. The molecule has 0 amide bonds. The minimum atomic E-state index is -3.55. The van der Waals surface area contributed by atoms with Crippen molar-refractivity contribution < 1.29 is 8.42 Å². The minimum absolute atomic E-state index is 0.108. The van der Waals surface area contributed by atoms with Crippen LogP contribution in [0.2, 0.25) is 0 Å². The molecule has 0 aliphatic carbocycles. The molecule has 0 spiro atoms. The molecule has 0 saturated carbocycles. The second kappa shape index (κ2) is 4.96. The van der Waals surface area contributed by atoms with Crippen LogP contribution in [0.25, 0.3) is 0 Å². The SMILES string of the molecule is Cc1[nH]nc(CN)c1S(=O)(=O)N1CCc2sccc2C1. The number of aromatic nitrogens is 2. The molecule has 20 heavy (non-hydrogen) atoms. The molecule has 0 fully saturated rings. The van der Waals surface area contributed by atoms with Crippen molar-refractivity contribution in [1.29, 1.82) is 0 Å². The van der Waals surface area contributed by atoms with E-state index in [4.69, 9.17) is 5.73 Å². The Balaban J connectivity index is 1.99. The molecule has 0 unspecified atom stereocenters. The van der Waals surface area contributed by atoms with Crippen molar-refractivity contribution in [3.05, 3.63) is 33.3 Å². The van der Waals surface area contributed by atoms with Crippen molar-refractivity contribution in [3.8, 4) is 0 Å². The molecule has 108 valence electrons. The maximum Gasteiger partial charge on any atom is 0.247 e. The molecule has 0 saturated heterocycles. The van der Waals surface area contributed by atoms with Gasteiger partial charge < -0.3 is 5.73 Å². The first-order valence-corrected chi connectivity index (χ1v) is 8.65. The summed E-state index contributed by atoms with van der Waals surface area (Å²) < 4.78 is 27.1. The van der Waals surface area contributed by atoms with Gasteiger partial charge in [0, 0.05) is 24.5 Å². The molecule has 0 bridgehead atoms. The van der Waals surface area contributed by atoms with Crippen LogP contribution in [-0.4, -0.2) is 29.5 Å². The van der Waals surface area contributed by atoms with Crippen molar-refractivity contribution in [2.24, 2.45) is 5.73 Å². The van der Waals surface area contributed by atoms with Crippen LogP contribution in [0.5, 0.6) is 0 Å². The van der Waals surface area contributed by atoms with Gasteiger partial charge in [-0.25, -0.2) is 8.42 Å². The Bertz CT molecular complexity index is 732. The molecule has 2 aromatic heterocycles. The van der Waals surface area contributed by atoms with Crippen LogP contribution >= 0.6 is 11.3 Å². The number of H-pyrrole nitrogens is 1. The maximum absolute atomic E-state index is 12.8. The first-order chi connectivity index (χ1) is 9.54. The summed E-state index contributed by atoms with van der Waals surface area (Å²) in [7, 11) is -3.55. The van der Waals surface area contributed by atoms with Gasteiger partial charge in [-0.15, -0.1) is 11.3 Å². The Morgan fingerprint density at radius 2 is 2.35 bits per heavy atom. The first-order valence-electron chi connectivity index (χ1n) is 6.33. The lowest BCUT2D eigenvalue weighted by Gasteiger charge is -2.26. The zero-order chi connectivity index (χ0) is 14.3.